The predicted octanol–water partition coefficient (Wildman–Crippen LogP) is 3.78. The van der Waals surface area contributed by atoms with E-state index in [4.69, 9.17) is 11.6 Å². The van der Waals surface area contributed by atoms with Crippen molar-refractivity contribution in [2.24, 2.45) is 11.8 Å². The van der Waals surface area contributed by atoms with Gasteiger partial charge in [0.05, 0.1) is 10.6 Å². The fourth-order valence-electron chi connectivity index (χ4n) is 1.45. The third kappa shape index (κ3) is 4.27. The van der Waals surface area contributed by atoms with Gasteiger partial charge in [-0.25, -0.2) is 8.42 Å². The van der Waals surface area contributed by atoms with Crippen molar-refractivity contribution in [3.8, 4) is 0 Å². The molecule has 0 bridgehead atoms. The van der Waals surface area contributed by atoms with Crippen molar-refractivity contribution in [2.45, 2.75) is 18.7 Å². The van der Waals surface area contributed by atoms with E-state index in [9.17, 15) is 8.42 Å². The van der Waals surface area contributed by atoms with Gasteiger partial charge in [-0.3, -0.25) is 0 Å². The Labute approximate surface area is 116 Å². The zero-order valence-electron chi connectivity index (χ0n) is 9.86. The second-order valence-corrected chi connectivity index (χ2v) is 7.52. The van der Waals surface area contributed by atoms with Gasteiger partial charge in [0, 0.05) is 10.4 Å². The number of hydrogen-bond acceptors (Lipinski definition) is 2. The van der Waals surface area contributed by atoms with E-state index in [-0.39, 0.29) is 11.7 Å². The fraction of sp³-hybridized carbons (Fsp3) is 0.500. The van der Waals surface area contributed by atoms with E-state index in [0.717, 1.165) is 0 Å². The van der Waals surface area contributed by atoms with Gasteiger partial charge in [-0.15, -0.1) is 0 Å². The van der Waals surface area contributed by atoms with E-state index >= 15 is 0 Å². The predicted molar refractivity (Wildman–Crippen MR) is 75.6 cm³/mol. The topological polar surface area (TPSA) is 34.1 Å². The highest BCUT2D eigenvalue weighted by atomic mass is 79.9. The Bertz CT molecular complexity index is 471. The molecule has 0 saturated heterocycles. The summed E-state index contributed by atoms with van der Waals surface area (Å²) in [6.45, 7) is 4.05. The summed E-state index contributed by atoms with van der Waals surface area (Å²) in [5.74, 6) is 0.582. The van der Waals surface area contributed by atoms with Crippen LogP contribution in [0.15, 0.2) is 29.2 Å². The van der Waals surface area contributed by atoms with Crippen LogP contribution >= 0.6 is 27.5 Å². The van der Waals surface area contributed by atoms with Gasteiger partial charge in [0.2, 0.25) is 0 Å². The summed E-state index contributed by atoms with van der Waals surface area (Å²) in [5.41, 5.74) is 0. The quantitative estimate of drug-likeness (QED) is 0.765. The first-order chi connectivity index (χ1) is 7.86. The van der Waals surface area contributed by atoms with Crippen molar-refractivity contribution >= 4 is 37.4 Å². The molecule has 5 heteroatoms. The van der Waals surface area contributed by atoms with Gasteiger partial charge >= 0.3 is 0 Å². The number of hydrogen-bond donors (Lipinski definition) is 0. The summed E-state index contributed by atoms with van der Waals surface area (Å²) in [4.78, 5) is 0.302. The molecule has 0 saturated carbocycles. The largest absolute Gasteiger partial charge is 0.224 e. The highest BCUT2D eigenvalue weighted by molar-refractivity contribution is 9.09. The molecule has 96 valence electrons. The highest BCUT2D eigenvalue weighted by Gasteiger charge is 2.23. The van der Waals surface area contributed by atoms with E-state index in [1.807, 2.05) is 13.8 Å². The van der Waals surface area contributed by atoms with Crippen molar-refractivity contribution in [2.75, 3.05) is 11.1 Å². The van der Waals surface area contributed by atoms with Gasteiger partial charge < -0.3 is 0 Å². The molecule has 2 nitrogen and oxygen atoms in total. The van der Waals surface area contributed by atoms with Crippen LogP contribution in [0, 0.1) is 11.8 Å². The molecule has 0 aliphatic rings. The minimum Gasteiger partial charge on any atom is -0.224 e. The monoisotopic (exact) mass is 338 g/mol. The van der Waals surface area contributed by atoms with Crippen molar-refractivity contribution in [3.63, 3.8) is 0 Å². The third-order valence-electron chi connectivity index (χ3n) is 2.73. The average Bonchev–Trinajstić information content (AvgIpc) is 2.25. The second-order valence-electron chi connectivity index (χ2n) is 4.40. The molecular weight excluding hydrogens is 324 g/mol. The van der Waals surface area contributed by atoms with Crippen molar-refractivity contribution in [3.05, 3.63) is 29.3 Å². The molecule has 1 aromatic carbocycles. The maximum atomic E-state index is 12.2. The molecule has 0 aromatic heterocycles. The summed E-state index contributed by atoms with van der Waals surface area (Å²) < 4.78 is 24.4. The number of halogens is 2. The average molecular weight is 340 g/mol. The number of sulfone groups is 1. The van der Waals surface area contributed by atoms with Crippen LogP contribution in [0.2, 0.25) is 5.02 Å². The maximum Gasteiger partial charge on any atom is 0.178 e. The Hall–Kier alpha value is -0.0600. The molecule has 0 spiro atoms. The molecule has 0 N–H and O–H groups in total. The van der Waals surface area contributed by atoms with Crippen molar-refractivity contribution in [1.82, 2.24) is 0 Å². The fourth-order valence-corrected chi connectivity index (χ4v) is 4.84. The minimum absolute atomic E-state index is 0.110. The van der Waals surface area contributed by atoms with Crippen LogP contribution < -0.4 is 0 Å². The van der Waals surface area contributed by atoms with E-state index in [2.05, 4.69) is 15.9 Å². The number of rotatable bonds is 5. The third-order valence-corrected chi connectivity index (χ3v) is 5.64. The highest BCUT2D eigenvalue weighted by Crippen LogP contribution is 2.22. The Kier molecular flexibility index (Phi) is 5.48. The van der Waals surface area contributed by atoms with Gasteiger partial charge in [-0.05, 0) is 30.0 Å². The molecule has 0 aliphatic heterocycles. The first kappa shape index (κ1) is 15.0. The summed E-state index contributed by atoms with van der Waals surface area (Å²) in [6, 6.07) is 6.42. The van der Waals surface area contributed by atoms with Crippen LogP contribution in [0.4, 0.5) is 0 Å². The molecule has 0 radical (unpaired) electrons. The van der Waals surface area contributed by atoms with Gasteiger partial charge in [0.1, 0.15) is 0 Å². The Morgan fingerprint density at radius 1 is 1.35 bits per heavy atom. The van der Waals surface area contributed by atoms with E-state index in [0.29, 0.717) is 21.2 Å². The molecule has 0 fully saturated rings. The Morgan fingerprint density at radius 2 is 2.00 bits per heavy atom. The van der Waals surface area contributed by atoms with Crippen LogP contribution in [-0.2, 0) is 9.84 Å². The molecule has 0 amide bonds. The SMILES string of the molecule is CC(C)C(CBr)CS(=O)(=O)c1cccc(Cl)c1. The van der Waals surface area contributed by atoms with Crippen LogP contribution in [0.3, 0.4) is 0 Å². The van der Waals surface area contributed by atoms with Gasteiger partial charge in [-0.2, -0.15) is 0 Å². The van der Waals surface area contributed by atoms with Crippen LogP contribution in [0.1, 0.15) is 13.8 Å². The minimum atomic E-state index is -3.25. The summed E-state index contributed by atoms with van der Waals surface area (Å²) >= 11 is 9.18. The van der Waals surface area contributed by atoms with E-state index < -0.39 is 9.84 Å². The van der Waals surface area contributed by atoms with Gasteiger partial charge in [0.15, 0.2) is 9.84 Å². The molecule has 0 aliphatic carbocycles. The lowest BCUT2D eigenvalue weighted by molar-refractivity contribution is 0.462. The first-order valence-corrected chi connectivity index (χ1v) is 8.56. The number of benzene rings is 1. The van der Waals surface area contributed by atoms with Crippen LogP contribution in [0.25, 0.3) is 0 Å². The van der Waals surface area contributed by atoms with Crippen molar-refractivity contribution < 1.29 is 8.42 Å². The summed E-state index contributed by atoms with van der Waals surface area (Å²) in [6.07, 6.45) is 0. The van der Waals surface area contributed by atoms with Gasteiger partial charge in [-0.1, -0.05) is 47.4 Å². The van der Waals surface area contributed by atoms with E-state index in [1.54, 1.807) is 18.2 Å². The molecule has 17 heavy (non-hydrogen) atoms. The molecular formula is C12H16BrClO2S. The maximum absolute atomic E-state index is 12.2. The molecule has 1 atom stereocenters. The normalized spacial score (nSPS) is 13.9. The van der Waals surface area contributed by atoms with Crippen LogP contribution in [0.5, 0.6) is 0 Å². The second kappa shape index (κ2) is 6.21. The first-order valence-electron chi connectivity index (χ1n) is 5.41. The van der Waals surface area contributed by atoms with Crippen LogP contribution in [-0.4, -0.2) is 19.5 Å². The van der Waals surface area contributed by atoms with E-state index in [1.165, 1.54) is 6.07 Å². The standard InChI is InChI=1S/C12H16BrClO2S/c1-9(2)10(7-13)8-17(15,16)12-5-3-4-11(14)6-12/h3-6,9-10H,7-8H2,1-2H3. The summed E-state index contributed by atoms with van der Waals surface area (Å²) in [7, 11) is -3.25. The molecule has 1 unspecified atom stereocenters. The van der Waals surface area contributed by atoms with Crippen molar-refractivity contribution in [1.29, 1.82) is 0 Å². The molecule has 0 heterocycles. The number of alkyl halides is 1. The lowest BCUT2D eigenvalue weighted by Gasteiger charge is -2.18. The smallest absolute Gasteiger partial charge is 0.178 e. The Balaban J connectivity index is 2.96. The Morgan fingerprint density at radius 3 is 2.47 bits per heavy atom. The lowest BCUT2D eigenvalue weighted by Crippen LogP contribution is -2.22. The zero-order valence-corrected chi connectivity index (χ0v) is 13.0. The zero-order chi connectivity index (χ0) is 13.1. The van der Waals surface area contributed by atoms with Gasteiger partial charge in [0.25, 0.3) is 0 Å². The lowest BCUT2D eigenvalue weighted by atomic mass is 10.0. The molecule has 1 rings (SSSR count). The summed E-state index contributed by atoms with van der Waals surface area (Å²) in [5, 5.41) is 1.13. The molecule has 1 aromatic rings.